The zero-order valence-corrected chi connectivity index (χ0v) is 13.0. The number of hydrogen-bond donors (Lipinski definition) is 2. The van der Waals surface area contributed by atoms with Crippen molar-refractivity contribution in [3.8, 4) is 0 Å². The van der Waals surface area contributed by atoms with Crippen LogP contribution in [-0.4, -0.2) is 20.9 Å². The van der Waals surface area contributed by atoms with Crippen LogP contribution in [0, 0.1) is 0 Å². The van der Waals surface area contributed by atoms with Crippen LogP contribution in [0.25, 0.3) is 0 Å². The molecular weight excluding hydrogens is 302 g/mol. The smallest absolute Gasteiger partial charge is 0.227 e. The van der Waals surface area contributed by atoms with Crippen molar-refractivity contribution in [1.29, 1.82) is 0 Å². The van der Waals surface area contributed by atoms with Gasteiger partial charge in [0.15, 0.2) is 0 Å². The summed E-state index contributed by atoms with van der Waals surface area (Å²) in [6, 6.07) is 13.0. The average Bonchev–Trinajstić information content (AvgIpc) is 2.63. The maximum atomic E-state index is 12.0. The summed E-state index contributed by atoms with van der Waals surface area (Å²) in [7, 11) is 0. The maximum Gasteiger partial charge on any atom is 0.227 e. The van der Waals surface area contributed by atoms with E-state index < -0.39 is 0 Å². The van der Waals surface area contributed by atoms with E-state index in [1.807, 2.05) is 36.4 Å². The minimum atomic E-state index is -0.0223. The monoisotopic (exact) mass is 319 g/mol. The number of nitrogens with zero attached hydrogens (tertiary/aromatic N) is 3. The highest BCUT2D eigenvalue weighted by Crippen LogP contribution is 2.16. The second kappa shape index (κ2) is 7.82. The lowest BCUT2D eigenvalue weighted by molar-refractivity contribution is -0.116. The van der Waals surface area contributed by atoms with Gasteiger partial charge in [0, 0.05) is 42.6 Å². The van der Waals surface area contributed by atoms with Crippen LogP contribution >= 0.6 is 0 Å². The Labute approximate surface area is 140 Å². The highest BCUT2D eigenvalue weighted by atomic mass is 16.1. The number of amides is 1. The Bertz CT molecular complexity index is 776. The van der Waals surface area contributed by atoms with Gasteiger partial charge in [-0.05, 0) is 48.4 Å². The largest absolute Gasteiger partial charge is 0.326 e. The number of carbonyl (C=O) groups is 1. The van der Waals surface area contributed by atoms with Crippen molar-refractivity contribution in [2.75, 3.05) is 10.6 Å². The molecule has 0 saturated carbocycles. The van der Waals surface area contributed by atoms with Crippen molar-refractivity contribution in [2.45, 2.75) is 12.8 Å². The SMILES string of the molecule is O=C(CCc1cccnc1)Nc1ccc(Nc2ncccn2)cc1. The van der Waals surface area contributed by atoms with E-state index in [0.717, 1.165) is 16.9 Å². The number of anilines is 3. The average molecular weight is 319 g/mol. The Hall–Kier alpha value is -3.28. The first-order chi connectivity index (χ1) is 11.8. The van der Waals surface area contributed by atoms with Crippen molar-refractivity contribution < 1.29 is 4.79 Å². The molecule has 0 aliphatic rings. The number of benzene rings is 1. The number of hydrogen-bond acceptors (Lipinski definition) is 5. The van der Waals surface area contributed by atoms with Gasteiger partial charge >= 0.3 is 0 Å². The molecule has 0 saturated heterocycles. The zero-order valence-electron chi connectivity index (χ0n) is 13.0. The summed E-state index contributed by atoms with van der Waals surface area (Å²) in [6.45, 7) is 0. The first kappa shape index (κ1) is 15.6. The Morgan fingerprint density at radius 3 is 2.38 bits per heavy atom. The van der Waals surface area contributed by atoms with Crippen molar-refractivity contribution in [2.24, 2.45) is 0 Å². The van der Waals surface area contributed by atoms with Gasteiger partial charge in [0.2, 0.25) is 11.9 Å². The molecule has 3 aromatic rings. The Morgan fingerprint density at radius 1 is 0.917 bits per heavy atom. The standard InChI is InChI=1S/C18H17N5O/c24-17(9-4-14-3-1-10-19-13-14)22-15-5-7-16(8-6-15)23-18-20-11-2-12-21-18/h1-3,5-8,10-13H,4,9H2,(H,22,24)(H,20,21,23). The van der Waals surface area contributed by atoms with Gasteiger partial charge in [0.05, 0.1) is 0 Å². The van der Waals surface area contributed by atoms with E-state index in [1.165, 1.54) is 0 Å². The number of aromatic nitrogens is 3. The molecule has 0 fully saturated rings. The third-order valence-corrected chi connectivity index (χ3v) is 3.35. The molecule has 2 N–H and O–H groups in total. The van der Waals surface area contributed by atoms with Crippen LogP contribution in [0.1, 0.15) is 12.0 Å². The summed E-state index contributed by atoms with van der Waals surface area (Å²) in [6.07, 6.45) is 7.94. The topological polar surface area (TPSA) is 79.8 Å². The van der Waals surface area contributed by atoms with Crippen LogP contribution in [0.15, 0.2) is 67.3 Å². The van der Waals surface area contributed by atoms with Crippen LogP contribution < -0.4 is 10.6 Å². The van der Waals surface area contributed by atoms with Crippen molar-refractivity contribution in [3.63, 3.8) is 0 Å². The minimum Gasteiger partial charge on any atom is -0.326 e. The molecule has 0 aliphatic heterocycles. The molecule has 6 nitrogen and oxygen atoms in total. The Morgan fingerprint density at radius 2 is 1.67 bits per heavy atom. The molecule has 1 aromatic carbocycles. The molecule has 6 heteroatoms. The fourth-order valence-electron chi connectivity index (χ4n) is 2.16. The van der Waals surface area contributed by atoms with Gasteiger partial charge in [-0.1, -0.05) is 6.07 Å². The van der Waals surface area contributed by atoms with E-state index in [-0.39, 0.29) is 5.91 Å². The predicted molar refractivity (Wildman–Crippen MR) is 92.9 cm³/mol. The van der Waals surface area contributed by atoms with Crippen LogP contribution in [0.2, 0.25) is 0 Å². The van der Waals surface area contributed by atoms with E-state index in [0.29, 0.717) is 18.8 Å². The highest BCUT2D eigenvalue weighted by Gasteiger charge is 2.04. The molecule has 120 valence electrons. The molecule has 0 radical (unpaired) electrons. The summed E-state index contributed by atoms with van der Waals surface area (Å²) in [5, 5.41) is 5.97. The third kappa shape index (κ3) is 4.61. The summed E-state index contributed by atoms with van der Waals surface area (Å²) in [5.41, 5.74) is 2.66. The Kier molecular flexibility index (Phi) is 5.09. The lowest BCUT2D eigenvalue weighted by atomic mass is 10.1. The number of pyridine rings is 1. The van der Waals surface area contributed by atoms with E-state index in [4.69, 9.17) is 0 Å². The third-order valence-electron chi connectivity index (χ3n) is 3.35. The zero-order chi connectivity index (χ0) is 16.6. The van der Waals surface area contributed by atoms with Crippen molar-refractivity contribution in [1.82, 2.24) is 15.0 Å². The van der Waals surface area contributed by atoms with Crippen LogP contribution in [0.5, 0.6) is 0 Å². The van der Waals surface area contributed by atoms with E-state index in [1.54, 1.807) is 30.9 Å². The second-order valence-corrected chi connectivity index (χ2v) is 5.18. The van der Waals surface area contributed by atoms with Gasteiger partial charge in [-0.25, -0.2) is 9.97 Å². The van der Waals surface area contributed by atoms with Crippen molar-refractivity contribution in [3.05, 3.63) is 72.8 Å². The predicted octanol–water partition coefficient (Wildman–Crippen LogP) is 3.19. The molecule has 3 rings (SSSR count). The van der Waals surface area contributed by atoms with Gasteiger partial charge in [-0.15, -0.1) is 0 Å². The molecule has 2 heterocycles. The first-order valence-corrected chi connectivity index (χ1v) is 7.62. The lowest BCUT2D eigenvalue weighted by Gasteiger charge is -2.07. The second-order valence-electron chi connectivity index (χ2n) is 5.18. The molecule has 2 aromatic heterocycles. The number of carbonyl (C=O) groups excluding carboxylic acids is 1. The van der Waals surface area contributed by atoms with E-state index >= 15 is 0 Å². The van der Waals surface area contributed by atoms with Crippen LogP contribution in [-0.2, 0) is 11.2 Å². The summed E-state index contributed by atoms with van der Waals surface area (Å²) in [5.74, 6) is 0.511. The van der Waals surface area contributed by atoms with Crippen LogP contribution in [0.3, 0.4) is 0 Å². The number of rotatable bonds is 6. The van der Waals surface area contributed by atoms with Gasteiger partial charge < -0.3 is 10.6 Å². The molecule has 24 heavy (non-hydrogen) atoms. The number of nitrogens with one attached hydrogen (secondary N) is 2. The van der Waals surface area contributed by atoms with Gasteiger partial charge in [-0.3, -0.25) is 9.78 Å². The molecule has 0 unspecified atom stereocenters. The van der Waals surface area contributed by atoms with Crippen molar-refractivity contribution >= 4 is 23.2 Å². The highest BCUT2D eigenvalue weighted by molar-refractivity contribution is 5.91. The normalized spacial score (nSPS) is 10.2. The summed E-state index contributed by atoms with van der Waals surface area (Å²) < 4.78 is 0. The molecular formula is C18H17N5O. The molecule has 0 bridgehead atoms. The Balaban J connectivity index is 1.51. The van der Waals surface area contributed by atoms with Crippen LogP contribution in [0.4, 0.5) is 17.3 Å². The molecule has 0 aliphatic carbocycles. The fraction of sp³-hybridized carbons (Fsp3) is 0.111. The van der Waals surface area contributed by atoms with Gasteiger partial charge in [-0.2, -0.15) is 0 Å². The summed E-state index contributed by atoms with van der Waals surface area (Å²) >= 11 is 0. The first-order valence-electron chi connectivity index (χ1n) is 7.62. The number of aryl methyl sites for hydroxylation is 1. The molecule has 1 amide bonds. The maximum absolute atomic E-state index is 12.0. The van der Waals surface area contributed by atoms with Gasteiger partial charge in [0.1, 0.15) is 0 Å². The van der Waals surface area contributed by atoms with E-state index in [9.17, 15) is 4.79 Å². The molecule has 0 atom stereocenters. The van der Waals surface area contributed by atoms with E-state index in [2.05, 4.69) is 25.6 Å². The summed E-state index contributed by atoms with van der Waals surface area (Å²) in [4.78, 5) is 24.2. The van der Waals surface area contributed by atoms with Gasteiger partial charge in [0.25, 0.3) is 0 Å². The molecule has 0 spiro atoms. The fourth-order valence-corrected chi connectivity index (χ4v) is 2.16. The quantitative estimate of drug-likeness (QED) is 0.729. The minimum absolute atomic E-state index is 0.0223. The lowest BCUT2D eigenvalue weighted by Crippen LogP contribution is -2.12.